The first-order chi connectivity index (χ1) is 6.68. The molecule has 3 heteroatoms. The van der Waals surface area contributed by atoms with Crippen molar-refractivity contribution in [3.05, 3.63) is 33.8 Å². The fraction of sp³-hybridized carbons (Fsp3) is 0.364. The smallest absolute Gasteiger partial charge is 0.0823 e. The molecule has 1 fully saturated rings. The summed E-state index contributed by atoms with van der Waals surface area (Å²) in [7, 11) is 0. The van der Waals surface area contributed by atoms with Gasteiger partial charge in [0.05, 0.1) is 21.5 Å². The summed E-state index contributed by atoms with van der Waals surface area (Å²) in [6.07, 6.45) is 2.98. The minimum absolute atomic E-state index is 0.297. The van der Waals surface area contributed by atoms with Gasteiger partial charge in [-0.05, 0) is 37.0 Å². The third-order valence-corrected chi connectivity index (χ3v) is 3.63. The molecule has 14 heavy (non-hydrogen) atoms. The molecule has 0 aromatic heterocycles. The van der Waals surface area contributed by atoms with Crippen LogP contribution < -0.4 is 0 Å². The minimum atomic E-state index is -0.297. The van der Waals surface area contributed by atoms with Crippen LogP contribution in [0.2, 0.25) is 10.0 Å². The molecule has 0 N–H and O–H groups in total. The van der Waals surface area contributed by atoms with Crippen molar-refractivity contribution >= 4 is 23.2 Å². The maximum Gasteiger partial charge on any atom is 0.0823 e. The molecule has 0 saturated heterocycles. The van der Waals surface area contributed by atoms with Crippen LogP contribution in [-0.2, 0) is 5.41 Å². The molecule has 0 unspecified atom stereocenters. The van der Waals surface area contributed by atoms with Gasteiger partial charge in [-0.2, -0.15) is 5.26 Å². The second-order valence-corrected chi connectivity index (χ2v) is 4.49. The summed E-state index contributed by atoms with van der Waals surface area (Å²) in [6, 6.07) is 7.85. The van der Waals surface area contributed by atoms with Gasteiger partial charge in [0.15, 0.2) is 0 Å². The zero-order valence-corrected chi connectivity index (χ0v) is 9.07. The van der Waals surface area contributed by atoms with Gasteiger partial charge in [0, 0.05) is 0 Å². The van der Waals surface area contributed by atoms with Crippen molar-refractivity contribution in [1.82, 2.24) is 0 Å². The Labute approximate surface area is 93.2 Å². The number of benzene rings is 1. The lowest BCUT2D eigenvalue weighted by Crippen LogP contribution is -2.32. The summed E-state index contributed by atoms with van der Waals surface area (Å²) in [5, 5.41) is 10.2. The number of halogens is 2. The van der Waals surface area contributed by atoms with Gasteiger partial charge in [0.1, 0.15) is 0 Å². The van der Waals surface area contributed by atoms with Gasteiger partial charge in [-0.3, -0.25) is 0 Å². The summed E-state index contributed by atoms with van der Waals surface area (Å²) in [6.45, 7) is 0. The molecule has 1 aromatic rings. The van der Waals surface area contributed by atoms with Gasteiger partial charge in [0.2, 0.25) is 0 Å². The highest BCUT2D eigenvalue weighted by atomic mass is 35.5. The second kappa shape index (κ2) is 3.46. The lowest BCUT2D eigenvalue weighted by molar-refractivity contribution is 0.324. The van der Waals surface area contributed by atoms with Crippen molar-refractivity contribution in [3.8, 4) is 6.07 Å². The van der Waals surface area contributed by atoms with Crippen molar-refractivity contribution in [3.63, 3.8) is 0 Å². The quantitative estimate of drug-likeness (QED) is 0.711. The molecule has 0 bridgehead atoms. The first-order valence-corrected chi connectivity index (χ1v) is 5.30. The van der Waals surface area contributed by atoms with Crippen LogP contribution in [0.1, 0.15) is 24.8 Å². The monoisotopic (exact) mass is 225 g/mol. The third kappa shape index (κ3) is 1.39. The van der Waals surface area contributed by atoms with E-state index in [1.807, 2.05) is 12.1 Å². The fourth-order valence-electron chi connectivity index (χ4n) is 1.79. The van der Waals surface area contributed by atoms with Crippen molar-refractivity contribution in [2.75, 3.05) is 0 Å². The Morgan fingerprint density at radius 3 is 2.36 bits per heavy atom. The Hall–Kier alpha value is -0.710. The Morgan fingerprint density at radius 2 is 1.93 bits per heavy atom. The molecule has 2 rings (SSSR count). The van der Waals surface area contributed by atoms with E-state index in [4.69, 9.17) is 28.5 Å². The highest BCUT2D eigenvalue weighted by Crippen LogP contribution is 2.44. The molecule has 0 radical (unpaired) electrons. The molecule has 0 aliphatic heterocycles. The molecule has 0 atom stereocenters. The Bertz CT molecular complexity index is 402. The molecule has 1 aliphatic carbocycles. The van der Waals surface area contributed by atoms with Crippen LogP contribution in [0.25, 0.3) is 0 Å². The maximum absolute atomic E-state index is 9.12. The molecule has 1 nitrogen and oxygen atoms in total. The van der Waals surface area contributed by atoms with E-state index in [1.165, 1.54) is 0 Å². The summed E-state index contributed by atoms with van der Waals surface area (Å²) >= 11 is 11.7. The largest absolute Gasteiger partial charge is 0.197 e. The van der Waals surface area contributed by atoms with Crippen LogP contribution in [0, 0.1) is 11.3 Å². The Balaban J connectivity index is 2.42. The molecule has 0 heterocycles. The van der Waals surface area contributed by atoms with E-state index in [-0.39, 0.29) is 5.41 Å². The fourth-order valence-corrected chi connectivity index (χ4v) is 2.09. The number of rotatable bonds is 1. The topological polar surface area (TPSA) is 23.8 Å². The lowest BCUT2D eigenvalue weighted by atomic mass is 9.65. The van der Waals surface area contributed by atoms with Crippen LogP contribution in [0.3, 0.4) is 0 Å². The highest BCUT2D eigenvalue weighted by molar-refractivity contribution is 6.42. The van der Waals surface area contributed by atoms with Gasteiger partial charge < -0.3 is 0 Å². The zero-order valence-electron chi connectivity index (χ0n) is 7.56. The highest BCUT2D eigenvalue weighted by Gasteiger charge is 2.39. The number of hydrogen-bond acceptors (Lipinski definition) is 1. The molecular weight excluding hydrogens is 217 g/mol. The van der Waals surface area contributed by atoms with E-state index in [2.05, 4.69) is 6.07 Å². The normalized spacial score (nSPS) is 18.4. The first kappa shape index (κ1) is 9.83. The summed E-state index contributed by atoms with van der Waals surface area (Å²) < 4.78 is 0. The molecule has 1 aliphatic rings. The average Bonchev–Trinajstić information content (AvgIpc) is 2.10. The zero-order chi connectivity index (χ0) is 10.2. The molecule has 1 saturated carbocycles. The predicted molar refractivity (Wildman–Crippen MR) is 57.6 cm³/mol. The SMILES string of the molecule is N#CC1(c2ccc(Cl)c(Cl)c2)CCC1. The summed E-state index contributed by atoms with van der Waals surface area (Å²) in [5.74, 6) is 0. The Morgan fingerprint density at radius 1 is 1.21 bits per heavy atom. The summed E-state index contributed by atoms with van der Waals surface area (Å²) in [5.41, 5.74) is 0.703. The van der Waals surface area contributed by atoms with Gasteiger partial charge in [-0.15, -0.1) is 0 Å². The maximum atomic E-state index is 9.12. The standard InChI is InChI=1S/C11H9Cl2N/c12-9-3-2-8(6-10(9)13)11(7-14)4-1-5-11/h2-3,6H,1,4-5H2. The van der Waals surface area contributed by atoms with E-state index in [1.54, 1.807) is 6.07 Å². The van der Waals surface area contributed by atoms with Crippen LogP contribution in [0.4, 0.5) is 0 Å². The van der Waals surface area contributed by atoms with Gasteiger partial charge in [0.25, 0.3) is 0 Å². The van der Waals surface area contributed by atoms with Crippen molar-refractivity contribution < 1.29 is 0 Å². The molecule has 0 spiro atoms. The molecular formula is C11H9Cl2N. The van der Waals surface area contributed by atoms with E-state index >= 15 is 0 Å². The molecule has 0 amide bonds. The lowest BCUT2D eigenvalue weighted by Gasteiger charge is -2.35. The Kier molecular flexibility index (Phi) is 2.43. The number of nitrogens with zero attached hydrogens (tertiary/aromatic N) is 1. The van der Waals surface area contributed by atoms with Gasteiger partial charge in [-0.1, -0.05) is 29.3 Å². The second-order valence-electron chi connectivity index (χ2n) is 3.68. The van der Waals surface area contributed by atoms with E-state index < -0.39 is 0 Å². The third-order valence-electron chi connectivity index (χ3n) is 2.89. The van der Waals surface area contributed by atoms with Crippen LogP contribution in [0.15, 0.2) is 18.2 Å². The molecule has 1 aromatic carbocycles. The minimum Gasteiger partial charge on any atom is -0.197 e. The predicted octanol–water partition coefficient (Wildman–Crippen LogP) is 3.94. The van der Waals surface area contributed by atoms with Gasteiger partial charge in [-0.25, -0.2) is 0 Å². The van der Waals surface area contributed by atoms with Crippen LogP contribution in [0.5, 0.6) is 0 Å². The van der Waals surface area contributed by atoms with Crippen LogP contribution in [-0.4, -0.2) is 0 Å². The average molecular weight is 226 g/mol. The first-order valence-electron chi connectivity index (χ1n) is 4.55. The van der Waals surface area contributed by atoms with Crippen molar-refractivity contribution in [2.45, 2.75) is 24.7 Å². The van der Waals surface area contributed by atoms with Crippen molar-refractivity contribution in [1.29, 1.82) is 5.26 Å². The van der Waals surface area contributed by atoms with E-state index in [9.17, 15) is 0 Å². The summed E-state index contributed by atoms with van der Waals surface area (Å²) in [4.78, 5) is 0. The van der Waals surface area contributed by atoms with Crippen molar-refractivity contribution in [2.24, 2.45) is 0 Å². The van der Waals surface area contributed by atoms with Crippen LogP contribution >= 0.6 is 23.2 Å². The van der Waals surface area contributed by atoms with E-state index in [0.29, 0.717) is 10.0 Å². The number of hydrogen-bond donors (Lipinski definition) is 0. The van der Waals surface area contributed by atoms with E-state index in [0.717, 1.165) is 24.8 Å². The molecule has 72 valence electrons. The van der Waals surface area contributed by atoms with Gasteiger partial charge >= 0.3 is 0 Å². The number of nitriles is 1.